The van der Waals surface area contributed by atoms with Crippen molar-refractivity contribution in [3.63, 3.8) is 0 Å². The average Bonchev–Trinajstić information content (AvgIpc) is 2.46. The van der Waals surface area contributed by atoms with Crippen molar-refractivity contribution in [1.29, 1.82) is 0 Å². The molecule has 0 atom stereocenters. The fourth-order valence-corrected chi connectivity index (χ4v) is 2.90. The van der Waals surface area contributed by atoms with Crippen LogP contribution < -0.4 is 14.8 Å². The topological polar surface area (TPSA) is 47.6 Å². The highest BCUT2D eigenvalue weighted by Crippen LogP contribution is 2.35. The van der Waals surface area contributed by atoms with Crippen molar-refractivity contribution >= 4 is 43.5 Å². The van der Waals surface area contributed by atoms with E-state index >= 15 is 0 Å². The van der Waals surface area contributed by atoms with Crippen LogP contribution in [0.5, 0.6) is 11.5 Å². The first-order valence-corrected chi connectivity index (χ1v) is 7.88. The van der Waals surface area contributed by atoms with E-state index in [-0.39, 0.29) is 5.91 Å². The molecule has 6 heteroatoms. The Morgan fingerprint density at radius 1 is 1.05 bits per heavy atom. The number of hydrogen-bond donors (Lipinski definition) is 1. The van der Waals surface area contributed by atoms with Crippen molar-refractivity contribution in [3.05, 3.63) is 50.9 Å². The molecule has 0 aliphatic carbocycles. The van der Waals surface area contributed by atoms with Gasteiger partial charge in [-0.15, -0.1) is 0 Å². The molecule has 21 heavy (non-hydrogen) atoms. The van der Waals surface area contributed by atoms with Crippen molar-refractivity contribution in [1.82, 2.24) is 0 Å². The van der Waals surface area contributed by atoms with Crippen LogP contribution in [0.25, 0.3) is 0 Å². The van der Waals surface area contributed by atoms with Crippen LogP contribution in [0.2, 0.25) is 0 Å². The molecule has 0 bridgehead atoms. The summed E-state index contributed by atoms with van der Waals surface area (Å²) in [4.78, 5) is 12.4. The van der Waals surface area contributed by atoms with Gasteiger partial charge in [-0.25, -0.2) is 0 Å². The van der Waals surface area contributed by atoms with E-state index in [4.69, 9.17) is 9.47 Å². The molecule has 0 fully saturated rings. The second-order valence-corrected chi connectivity index (χ2v) is 6.21. The first kappa shape index (κ1) is 14.4. The molecule has 0 spiro atoms. The molecule has 0 aromatic heterocycles. The molecule has 0 saturated carbocycles. The predicted molar refractivity (Wildman–Crippen MR) is 87.2 cm³/mol. The summed E-state index contributed by atoms with van der Waals surface area (Å²) >= 11 is 6.77. The van der Waals surface area contributed by atoms with Crippen molar-refractivity contribution in [2.75, 3.05) is 18.5 Å². The fraction of sp³-hybridized carbons (Fsp3) is 0.133. The van der Waals surface area contributed by atoms with E-state index in [1.165, 1.54) is 0 Å². The summed E-state index contributed by atoms with van der Waals surface area (Å²) in [6.45, 7) is 1.00. The summed E-state index contributed by atoms with van der Waals surface area (Å²) in [7, 11) is 0. The van der Waals surface area contributed by atoms with Gasteiger partial charge < -0.3 is 14.8 Å². The molecule has 1 aliphatic heterocycles. The number of halogens is 2. The average molecular weight is 413 g/mol. The summed E-state index contributed by atoms with van der Waals surface area (Å²) in [5.41, 5.74) is 1.22. The maximum atomic E-state index is 12.4. The van der Waals surface area contributed by atoms with Gasteiger partial charge in [-0.05, 0) is 46.3 Å². The summed E-state index contributed by atoms with van der Waals surface area (Å²) in [6.07, 6.45) is 0. The zero-order chi connectivity index (χ0) is 14.8. The van der Waals surface area contributed by atoms with E-state index in [1.807, 2.05) is 24.3 Å². The van der Waals surface area contributed by atoms with Gasteiger partial charge in [0, 0.05) is 14.6 Å². The summed E-state index contributed by atoms with van der Waals surface area (Å²) in [5.74, 6) is 1.02. The smallest absolute Gasteiger partial charge is 0.256 e. The lowest BCUT2D eigenvalue weighted by molar-refractivity contribution is 0.102. The Labute approximate surface area is 138 Å². The van der Waals surface area contributed by atoms with E-state index in [2.05, 4.69) is 37.2 Å². The van der Waals surface area contributed by atoms with Gasteiger partial charge in [-0.1, -0.05) is 22.0 Å². The van der Waals surface area contributed by atoms with Gasteiger partial charge in [-0.3, -0.25) is 4.79 Å². The number of anilines is 1. The highest BCUT2D eigenvalue weighted by Gasteiger charge is 2.18. The normalized spacial score (nSPS) is 12.9. The first-order valence-electron chi connectivity index (χ1n) is 6.29. The molecule has 1 heterocycles. The molecule has 4 nitrogen and oxygen atoms in total. The third-order valence-electron chi connectivity index (χ3n) is 2.96. The largest absolute Gasteiger partial charge is 0.486 e. The molecule has 1 N–H and O–H groups in total. The molecular weight excluding hydrogens is 402 g/mol. The fourth-order valence-electron chi connectivity index (χ4n) is 2.00. The second-order valence-electron chi connectivity index (χ2n) is 4.44. The first-order chi connectivity index (χ1) is 10.1. The number of fused-ring (bicyclic) bond motifs is 1. The number of ether oxygens (including phenoxy) is 2. The van der Waals surface area contributed by atoms with Gasteiger partial charge in [-0.2, -0.15) is 0 Å². The van der Waals surface area contributed by atoms with Crippen molar-refractivity contribution in [2.45, 2.75) is 0 Å². The van der Waals surface area contributed by atoms with Crippen LogP contribution in [-0.4, -0.2) is 19.1 Å². The van der Waals surface area contributed by atoms with Gasteiger partial charge in [0.05, 0.1) is 5.56 Å². The predicted octanol–water partition coefficient (Wildman–Crippen LogP) is 4.24. The summed E-state index contributed by atoms with van der Waals surface area (Å²) < 4.78 is 12.6. The Morgan fingerprint density at radius 3 is 2.48 bits per heavy atom. The molecular formula is C15H11Br2NO3. The van der Waals surface area contributed by atoms with Crippen LogP contribution in [0.1, 0.15) is 10.4 Å². The maximum absolute atomic E-state index is 12.4. The minimum atomic E-state index is -0.211. The standard InChI is InChI=1S/C15H11Br2NO3/c16-9-2-1-3-10(6-9)18-15(19)11-7-13-14(8-12(11)17)21-5-4-20-13/h1-3,6-8H,4-5H2,(H,18,19). The molecule has 0 saturated heterocycles. The number of carbonyl (C=O) groups is 1. The third kappa shape index (κ3) is 3.22. The van der Waals surface area contributed by atoms with Gasteiger partial charge in [0.1, 0.15) is 13.2 Å². The van der Waals surface area contributed by atoms with Crippen molar-refractivity contribution < 1.29 is 14.3 Å². The molecule has 3 rings (SSSR count). The van der Waals surface area contributed by atoms with Crippen LogP contribution in [0.4, 0.5) is 5.69 Å². The van der Waals surface area contributed by atoms with Gasteiger partial charge in [0.25, 0.3) is 5.91 Å². The zero-order valence-electron chi connectivity index (χ0n) is 10.9. The van der Waals surface area contributed by atoms with Crippen LogP contribution in [0.15, 0.2) is 45.3 Å². The third-order valence-corrected chi connectivity index (χ3v) is 4.11. The molecule has 2 aromatic carbocycles. The zero-order valence-corrected chi connectivity index (χ0v) is 14.0. The van der Waals surface area contributed by atoms with E-state index in [1.54, 1.807) is 12.1 Å². The Bertz CT molecular complexity index is 703. The van der Waals surface area contributed by atoms with Gasteiger partial charge in [0.15, 0.2) is 11.5 Å². The quantitative estimate of drug-likeness (QED) is 0.802. The van der Waals surface area contributed by atoms with E-state index < -0.39 is 0 Å². The monoisotopic (exact) mass is 411 g/mol. The lowest BCUT2D eigenvalue weighted by Gasteiger charge is -2.19. The molecule has 2 aromatic rings. The van der Waals surface area contributed by atoms with Crippen LogP contribution in [0.3, 0.4) is 0 Å². The van der Waals surface area contributed by atoms with E-state index in [0.29, 0.717) is 34.7 Å². The minimum Gasteiger partial charge on any atom is -0.486 e. The number of nitrogens with one attached hydrogen (secondary N) is 1. The number of benzene rings is 2. The maximum Gasteiger partial charge on any atom is 0.256 e. The highest BCUT2D eigenvalue weighted by atomic mass is 79.9. The Morgan fingerprint density at radius 2 is 1.76 bits per heavy atom. The van der Waals surface area contributed by atoms with Crippen LogP contribution >= 0.6 is 31.9 Å². The minimum absolute atomic E-state index is 0.211. The highest BCUT2D eigenvalue weighted by molar-refractivity contribution is 9.10. The number of hydrogen-bond acceptors (Lipinski definition) is 3. The summed E-state index contributed by atoms with van der Waals surface area (Å²) in [5, 5.41) is 2.85. The lowest BCUT2D eigenvalue weighted by atomic mass is 10.1. The molecule has 1 amide bonds. The number of carbonyl (C=O) groups excluding carboxylic acids is 1. The van der Waals surface area contributed by atoms with Crippen LogP contribution in [0, 0.1) is 0 Å². The SMILES string of the molecule is O=C(Nc1cccc(Br)c1)c1cc2c(cc1Br)OCCO2. The molecule has 0 unspecified atom stereocenters. The van der Waals surface area contributed by atoms with Gasteiger partial charge >= 0.3 is 0 Å². The molecule has 1 aliphatic rings. The molecule has 108 valence electrons. The van der Waals surface area contributed by atoms with Crippen LogP contribution in [-0.2, 0) is 0 Å². The Balaban J connectivity index is 1.87. The van der Waals surface area contributed by atoms with Crippen molar-refractivity contribution in [3.8, 4) is 11.5 Å². The molecule has 0 radical (unpaired) electrons. The Kier molecular flexibility index (Phi) is 4.17. The second kappa shape index (κ2) is 6.07. The number of amides is 1. The number of rotatable bonds is 2. The summed E-state index contributed by atoms with van der Waals surface area (Å²) in [6, 6.07) is 10.9. The van der Waals surface area contributed by atoms with Gasteiger partial charge in [0.2, 0.25) is 0 Å². The van der Waals surface area contributed by atoms with Crippen molar-refractivity contribution in [2.24, 2.45) is 0 Å². The van der Waals surface area contributed by atoms with E-state index in [0.717, 1.165) is 10.2 Å². The van der Waals surface area contributed by atoms with E-state index in [9.17, 15) is 4.79 Å². The Hall–Kier alpha value is -1.53. The lowest BCUT2D eigenvalue weighted by Crippen LogP contribution is -2.17.